The second-order valence-electron chi connectivity index (χ2n) is 29.7. The molecule has 520 valence electrons. The molecule has 0 fully saturated rings. The smallest absolute Gasteiger partial charge is 0.0541 e. The number of para-hydroxylation sites is 8. The van der Waals surface area contributed by atoms with Crippen LogP contribution >= 0.6 is 0 Å². The van der Waals surface area contributed by atoms with E-state index in [9.17, 15) is 0 Å². The summed E-state index contributed by atoms with van der Waals surface area (Å²) in [6, 6.07) is 152. The van der Waals surface area contributed by atoms with Crippen molar-refractivity contribution in [2.75, 3.05) is 0 Å². The molecule has 0 atom stereocenters. The molecule has 4 heteroatoms. The normalized spacial score (nSPS) is 11.9. The van der Waals surface area contributed by atoms with E-state index in [2.05, 4.69) is 431 Å². The molecule has 0 aliphatic heterocycles. The topological polar surface area (TPSA) is 19.7 Å². The summed E-state index contributed by atoms with van der Waals surface area (Å²) in [4.78, 5) is 0. The van der Waals surface area contributed by atoms with E-state index in [-0.39, 0.29) is 0 Å². The average molecular weight is 1420 g/mol. The summed E-state index contributed by atoms with van der Waals surface area (Å²) in [5.74, 6) is 0. The molecule has 4 aromatic heterocycles. The van der Waals surface area contributed by atoms with Crippen LogP contribution in [-0.4, -0.2) is 18.3 Å². The monoisotopic (exact) mass is 1420 g/mol. The maximum Gasteiger partial charge on any atom is 0.0541 e. The Morgan fingerprint density at radius 2 is 0.339 bits per heavy atom. The van der Waals surface area contributed by atoms with Crippen molar-refractivity contribution in [2.45, 2.75) is 0 Å². The lowest BCUT2D eigenvalue weighted by Crippen LogP contribution is -1.97. The molecule has 0 N–H and O–H groups in total. The van der Waals surface area contributed by atoms with Gasteiger partial charge in [-0.2, -0.15) is 0 Å². The van der Waals surface area contributed by atoms with Gasteiger partial charge in [0.2, 0.25) is 0 Å². The molecule has 0 saturated carbocycles. The van der Waals surface area contributed by atoms with Crippen molar-refractivity contribution in [3.05, 3.63) is 413 Å². The highest BCUT2D eigenvalue weighted by atomic mass is 15.0. The van der Waals surface area contributed by atoms with Crippen LogP contribution in [0.25, 0.3) is 219 Å². The van der Waals surface area contributed by atoms with Gasteiger partial charge in [-0.15, -0.1) is 0 Å². The molecular weight excluding hydrogens is 1350 g/mol. The van der Waals surface area contributed by atoms with E-state index >= 15 is 0 Å². The first-order valence-corrected chi connectivity index (χ1v) is 38.7. The molecule has 24 aromatic rings. The van der Waals surface area contributed by atoms with Crippen molar-refractivity contribution in [3.8, 4) is 67.3 Å². The molecule has 0 aliphatic rings. The van der Waals surface area contributed by atoms with Crippen molar-refractivity contribution in [1.82, 2.24) is 18.3 Å². The molecule has 0 bridgehead atoms. The molecule has 4 nitrogen and oxygen atoms in total. The second kappa shape index (κ2) is 25.4. The minimum Gasteiger partial charge on any atom is -0.309 e. The van der Waals surface area contributed by atoms with Crippen LogP contribution in [0.5, 0.6) is 0 Å². The van der Waals surface area contributed by atoms with Crippen molar-refractivity contribution in [3.63, 3.8) is 0 Å². The van der Waals surface area contributed by atoms with Gasteiger partial charge < -0.3 is 18.3 Å². The number of benzene rings is 20. The summed E-state index contributed by atoms with van der Waals surface area (Å²) in [5.41, 5.74) is 24.4. The van der Waals surface area contributed by atoms with Crippen molar-refractivity contribution in [2.24, 2.45) is 0 Å². The van der Waals surface area contributed by atoms with Gasteiger partial charge in [-0.3, -0.25) is 0 Å². The number of fused-ring (bicyclic) bond motifs is 18. The zero-order valence-corrected chi connectivity index (χ0v) is 61.0. The van der Waals surface area contributed by atoms with Crippen LogP contribution in [0.2, 0.25) is 0 Å². The lowest BCUT2D eigenvalue weighted by molar-refractivity contribution is 1.19. The first-order chi connectivity index (χ1) is 55.6. The van der Waals surface area contributed by atoms with E-state index in [4.69, 9.17) is 0 Å². The molecule has 4 heterocycles. The zero-order valence-electron chi connectivity index (χ0n) is 61.0. The Labute approximate surface area is 645 Å². The summed E-state index contributed by atoms with van der Waals surface area (Å²) in [5, 5.41) is 25.1. The van der Waals surface area contributed by atoms with Gasteiger partial charge in [0.05, 0.1) is 55.5 Å². The fourth-order valence-corrected chi connectivity index (χ4v) is 18.9. The summed E-state index contributed by atoms with van der Waals surface area (Å²) in [6.07, 6.45) is 0. The van der Waals surface area contributed by atoms with Crippen molar-refractivity contribution < 1.29 is 0 Å². The third-order valence-electron chi connectivity index (χ3n) is 23.8. The fraction of sp³-hybridized carbons (Fsp3) is 0. The van der Waals surface area contributed by atoms with E-state index in [1.54, 1.807) is 0 Å². The predicted octanol–water partition coefficient (Wildman–Crippen LogP) is 29.3. The molecule has 0 radical (unpaired) electrons. The third-order valence-corrected chi connectivity index (χ3v) is 23.8. The Morgan fingerprint density at radius 3 is 0.652 bits per heavy atom. The Bertz CT molecular complexity index is 7350. The van der Waals surface area contributed by atoms with Crippen LogP contribution in [0, 0.1) is 0 Å². The number of aromatic nitrogens is 4. The Balaban J connectivity index is 0.000000134. The number of hydrogen-bond donors (Lipinski definition) is 0. The lowest BCUT2D eigenvalue weighted by Gasteiger charge is -2.18. The largest absolute Gasteiger partial charge is 0.309 e. The van der Waals surface area contributed by atoms with E-state index in [1.165, 1.54) is 219 Å². The highest BCUT2D eigenvalue weighted by Crippen LogP contribution is 2.46. The van der Waals surface area contributed by atoms with Gasteiger partial charge in [-0.25, -0.2) is 0 Å². The first-order valence-electron chi connectivity index (χ1n) is 38.7. The van der Waals surface area contributed by atoms with E-state index in [1.807, 2.05) is 0 Å². The lowest BCUT2D eigenvalue weighted by atomic mass is 9.89. The maximum atomic E-state index is 2.44. The maximum absolute atomic E-state index is 2.44. The minimum atomic E-state index is 1.18. The Kier molecular flexibility index (Phi) is 14.3. The third kappa shape index (κ3) is 9.82. The molecule has 20 aromatic carbocycles. The zero-order chi connectivity index (χ0) is 73.5. The summed E-state index contributed by atoms with van der Waals surface area (Å²) >= 11 is 0. The molecule has 0 aliphatic carbocycles. The summed E-state index contributed by atoms with van der Waals surface area (Å²) in [7, 11) is 0. The number of rotatable bonds is 8. The summed E-state index contributed by atoms with van der Waals surface area (Å²) in [6.45, 7) is 0. The quantitative estimate of drug-likeness (QED) is 0.144. The van der Waals surface area contributed by atoms with Crippen LogP contribution < -0.4 is 0 Å². The van der Waals surface area contributed by atoms with Gasteiger partial charge in [0, 0.05) is 65.2 Å². The average Bonchev–Trinajstić information content (AvgIpc) is 1.64. The number of hydrogen-bond acceptors (Lipinski definition) is 0. The van der Waals surface area contributed by atoms with E-state index in [0.29, 0.717) is 0 Å². The standard InChI is InChI=1S/2C54H34N2/c1-5-19-51-47(11-1)48-12-2-6-20-52(48)55(51)41-29-27-35-31-39(25-23-37(35)33-41)43-15-9-18-46-44(16-10-17-45(43)46)40-26-24-38-34-42(30-28-36(38)32-40)56-53-21-7-3-13-49(53)50-14-4-8-22-54(50)56;1-3-17-43-39(15-1)41(31-33-53(43)55-49-27-9-5-19-45(49)46-20-6-10-28-50(46)55)37-25-13-24-36-35(37)23-14-26-38(36)42-32-34-54(44-18-4-2-16-40(42)44)56-51-29-11-7-21-47(51)48-22-8-12-30-52(48)56/h2*1-34H. The Morgan fingerprint density at radius 1 is 0.125 bits per heavy atom. The van der Waals surface area contributed by atoms with Crippen LogP contribution in [0.15, 0.2) is 413 Å². The molecule has 112 heavy (non-hydrogen) atoms. The van der Waals surface area contributed by atoms with Crippen LogP contribution in [0.3, 0.4) is 0 Å². The summed E-state index contributed by atoms with van der Waals surface area (Å²) < 4.78 is 9.65. The van der Waals surface area contributed by atoms with Crippen molar-refractivity contribution in [1.29, 1.82) is 0 Å². The minimum absolute atomic E-state index is 1.18. The molecular formula is C108H68N4. The van der Waals surface area contributed by atoms with Crippen molar-refractivity contribution >= 4 is 152 Å². The molecule has 0 spiro atoms. The SMILES string of the molecule is c1cc(-c2ccc(-n3c4ccccc4c4ccccc43)c3ccccc23)c2cccc(-c3ccc(-n4c5ccccc5c5ccccc54)c4ccccc34)c2c1.c1cc(-c2ccc3cc(-n4c5ccccc5c5ccccc54)ccc3c2)c2cccc(-c3ccc4cc(-n5c6ccccc6c6ccccc65)ccc4c3)c2c1. The molecule has 0 unspecified atom stereocenters. The van der Waals surface area contributed by atoms with Gasteiger partial charge in [-0.1, -0.05) is 315 Å². The molecule has 0 amide bonds. The molecule has 0 saturated heterocycles. The van der Waals surface area contributed by atoms with E-state index in [0.717, 1.165) is 0 Å². The number of nitrogens with zero attached hydrogens (tertiary/aromatic N) is 4. The van der Waals surface area contributed by atoms with Gasteiger partial charge in [0.15, 0.2) is 0 Å². The highest BCUT2D eigenvalue weighted by molar-refractivity contribution is 6.18. The van der Waals surface area contributed by atoms with Gasteiger partial charge in [0.25, 0.3) is 0 Å². The van der Waals surface area contributed by atoms with Gasteiger partial charge in [0.1, 0.15) is 0 Å². The second-order valence-corrected chi connectivity index (χ2v) is 29.7. The first kappa shape index (κ1) is 63.3. The van der Waals surface area contributed by atoms with E-state index < -0.39 is 0 Å². The van der Waals surface area contributed by atoms with Gasteiger partial charge in [-0.05, 0) is 195 Å². The molecule has 24 rings (SSSR count). The predicted molar refractivity (Wildman–Crippen MR) is 477 cm³/mol. The highest BCUT2D eigenvalue weighted by Gasteiger charge is 2.22. The Hall–Kier alpha value is -14.8. The van der Waals surface area contributed by atoms with Crippen LogP contribution in [-0.2, 0) is 0 Å². The van der Waals surface area contributed by atoms with Crippen LogP contribution in [0.1, 0.15) is 0 Å². The van der Waals surface area contributed by atoms with Gasteiger partial charge >= 0.3 is 0 Å². The van der Waals surface area contributed by atoms with Crippen LogP contribution in [0.4, 0.5) is 0 Å². The fourth-order valence-electron chi connectivity index (χ4n) is 18.9.